The molecular formula is C17H16N2OS. The van der Waals surface area contributed by atoms with Gasteiger partial charge in [-0.25, -0.2) is 0 Å². The van der Waals surface area contributed by atoms with Gasteiger partial charge in [0.15, 0.2) is 5.11 Å². The van der Waals surface area contributed by atoms with Gasteiger partial charge in [-0.1, -0.05) is 36.4 Å². The Hall–Kier alpha value is -2.20. The fourth-order valence-corrected chi connectivity index (χ4v) is 2.48. The Morgan fingerprint density at radius 2 is 1.67 bits per heavy atom. The third-order valence-corrected chi connectivity index (χ3v) is 3.69. The van der Waals surface area contributed by atoms with Gasteiger partial charge in [0.2, 0.25) is 0 Å². The molecule has 0 spiro atoms. The fourth-order valence-electron chi connectivity index (χ4n) is 2.28. The first kappa shape index (κ1) is 13.8. The van der Waals surface area contributed by atoms with Crippen molar-refractivity contribution in [2.24, 2.45) is 0 Å². The maximum atomic E-state index is 12.0. The maximum absolute atomic E-state index is 12.0. The van der Waals surface area contributed by atoms with Crippen LogP contribution in [0, 0.1) is 0 Å². The summed E-state index contributed by atoms with van der Waals surface area (Å²) in [5.74, 6) is 0.429. The van der Waals surface area contributed by atoms with Crippen LogP contribution in [0.4, 0.5) is 5.69 Å². The fraction of sp³-hybridized carbons (Fsp3) is 0.176. The molecule has 2 aromatic carbocycles. The number of amides is 1. The van der Waals surface area contributed by atoms with E-state index in [2.05, 4.69) is 16.7 Å². The zero-order chi connectivity index (χ0) is 14.7. The number of nitrogens with one attached hydrogen (secondary N) is 2. The van der Waals surface area contributed by atoms with Crippen LogP contribution < -0.4 is 10.6 Å². The summed E-state index contributed by atoms with van der Waals surface area (Å²) < 4.78 is 0. The predicted octanol–water partition coefficient (Wildman–Crippen LogP) is 3.69. The minimum absolute atomic E-state index is 0.197. The largest absolute Gasteiger partial charge is 0.332 e. The van der Waals surface area contributed by atoms with E-state index in [0.29, 0.717) is 16.6 Å². The molecule has 3 nitrogen and oxygen atoms in total. The summed E-state index contributed by atoms with van der Waals surface area (Å²) in [4.78, 5) is 12.0. The number of anilines is 1. The third kappa shape index (κ3) is 3.47. The zero-order valence-corrected chi connectivity index (χ0v) is 12.3. The van der Waals surface area contributed by atoms with Crippen molar-refractivity contribution in [1.82, 2.24) is 5.32 Å². The molecule has 0 saturated heterocycles. The Balaban J connectivity index is 1.66. The van der Waals surface area contributed by atoms with E-state index in [9.17, 15) is 4.79 Å². The smallest absolute Gasteiger partial charge is 0.257 e. The van der Waals surface area contributed by atoms with Crippen molar-refractivity contribution in [2.75, 3.05) is 5.32 Å². The first-order valence-corrected chi connectivity index (χ1v) is 7.41. The molecule has 2 N–H and O–H groups in total. The topological polar surface area (TPSA) is 41.1 Å². The van der Waals surface area contributed by atoms with E-state index in [4.69, 9.17) is 12.2 Å². The number of carbonyl (C=O) groups is 1. The van der Waals surface area contributed by atoms with Gasteiger partial charge < -0.3 is 5.32 Å². The average Bonchev–Trinajstić information content (AvgIpc) is 3.33. The normalized spacial score (nSPS) is 13.5. The average molecular weight is 296 g/mol. The van der Waals surface area contributed by atoms with Crippen molar-refractivity contribution in [3.8, 4) is 0 Å². The minimum atomic E-state index is -0.197. The lowest BCUT2D eigenvalue weighted by Gasteiger charge is -2.13. The monoisotopic (exact) mass is 296 g/mol. The van der Waals surface area contributed by atoms with E-state index in [1.54, 1.807) is 12.1 Å². The molecule has 1 aliphatic carbocycles. The van der Waals surface area contributed by atoms with E-state index in [-0.39, 0.29) is 5.91 Å². The summed E-state index contributed by atoms with van der Waals surface area (Å²) in [5, 5.41) is 6.18. The summed E-state index contributed by atoms with van der Waals surface area (Å²) in [6.07, 6.45) is 2.45. The van der Waals surface area contributed by atoms with E-state index < -0.39 is 0 Å². The highest BCUT2D eigenvalue weighted by Crippen LogP contribution is 2.43. The van der Waals surface area contributed by atoms with Crippen LogP contribution in [0.2, 0.25) is 0 Å². The van der Waals surface area contributed by atoms with Gasteiger partial charge in [-0.2, -0.15) is 0 Å². The minimum Gasteiger partial charge on any atom is -0.332 e. The molecule has 4 heteroatoms. The van der Waals surface area contributed by atoms with Crippen LogP contribution >= 0.6 is 12.2 Å². The highest BCUT2D eigenvalue weighted by atomic mass is 32.1. The molecule has 21 heavy (non-hydrogen) atoms. The number of hydrogen-bond donors (Lipinski definition) is 2. The Kier molecular flexibility index (Phi) is 3.97. The maximum Gasteiger partial charge on any atom is 0.257 e. The van der Waals surface area contributed by atoms with Gasteiger partial charge in [-0.3, -0.25) is 10.1 Å². The molecular weight excluding hydrogens is 280 g/mol. The molecule has 0 aromatic heterocycles. The standard InChI is InChI=1S/C17H16N2OS/c20-16(13-6-2-1-3-7-13)19-17(21)18-15-9-5-4-8-14(15)12-10-11-12/h1-9,12H,10-11H2,(H2,18,19,20,21). The van der Waals surface area contributed by atoms with Crippen LogP contribution in [0.5, 0.6) is 0 Å². The molecule has 0 heterocycles. The highest BCUT2D eigenvalue weighted by molar-refractivity contribution is 7.80. The van der Waals surface area contributed by atoms with Crippen LogP contribution in [0.25, 0.3) is 0 Å². The molecule has 1 saturated carbocycles. The van der Waals surface area contributed by atoms with Gasteiger partial charge in [0, 0.05) is 11.3 Å². The summed E-state index contributed by atoms with van der Waals surface area (Å²) in [6, 6.07) is 17.2. The molecule has 1 fully saturated rings. The molecule has 0 atom stereocenters. The Morgan fingerprint density at radius 1 is 1.00 bits per heavy atom. The van der Waals surface area contributed by atoms with Gasteiger partial charge in [0.25, 0.3) is 5.91 Å². The number of benzene rings is 2. The lowest BCUT2D eigenvalue weighted by molar-refractivity contribution is 0.0978. The summed E-state index contributed by atoms with van der Waals surface area (Å²) in [7, 11) is 0. The van der Waals surface area contributed by atoms with E-state index in [0.717, 1.165) is 5.69 Å². The summed E-state index contributed by atoms with van der Waals surface area (Å²) in [5.41, 5.74) is 2.85. The number of thiocarbonyl (C=S) groups is 1. The van der Waals surface area contributed by atoms with E-state index in [1.165, 1.54) is 18.4 Å². The molecule has 0 radical (unpaired) electrons. The molecule has 0 unspecified atom stereocenters. The van der Waals surface area contributed by atoms with Gasteiger partial charge in [-0.05, 0) is 54.7 Å². The Morgan fingerprint density at radius 3 is 2.38 bits per heavy atom. The number of hydrogen-bond acceptors (Lipinski definition) is 2. The summed E-state index contributed by atoms with van der Waals surface area (Å²) >= 11 is 5.24. The van der Waals surface area contributed by atoms with Crippen LogP contribution in [0.1, 0.15) is 34.7 Å². The van der Waals surface area contributed by atoms with Crippen molar-refractivity contribution < 1.29 is 4.79 Å². The number of carbonyl (C=O) groups excluding carboxylic acids is 1. The van der Waals surface area contributed by atoms with Crippen LogP contribution in [-0.2, 0) is 0 Å². The lowest BCUT2D eigenvalue weighted by atomic mass is 10.1. The van der Waals surface area contributed by atoms with Crippen LogP contribution in [0.15, 0.2) is 54.6 Å². The quantitative estimate of drug-likeness (QED) is 0.849. The van der Waals surface area contributed by atoms with Crippen molar-refractivity contribution >= 4 is 28.9 Å². The molecule has 106 valence electrons. The van der Waals surface area contributed by atoms with Crippen molar-refractivity contribution in [3.05, 3.63) is 65.7 Å². The molecule has 3 rings (SSSR count). The van der Waals surface area contributed by atoms with Crippen molar-refractivity contribution in [1.29, 1.82) is 0 Å². The van der Waals surface area contributed by atoms with Crippen LogP contribution in [-0.4, -0.2) is 11.0 Å². The van der Waals surface area contributed by atoms with Gasteiger partial charge in [-0.15, -0.1) is 0 Å². The molecule has 2 aromatic rings. The first-order valence-electron chi connectivity index (χ1n) is 7.00. The second-order valence-corrected chi connectivity index (χ2v) is 5.54. The lowest BCUT2D eigenvalue weighted by Crippen LogP contribution is -2.34. The molecule has 0 aliphatic heterocycles. The Labute approximate surface area is 129 Å². The SMILES string of the molecule is O=C(NC(=S)Nc1ccccc1C1CC1)c1ccccc1. The van der Waals surface area contributed by atoms with Gasteiger partial charge >= 0.3 is 0 Å². The van der Waals surface area contributed by atoms with E-state index >= 15 is 0 Å². The zero-order valence-electron chi connectivity index (χ0n) is 11.5. The van der Waals surface area contributed by atoms with Gasteiger partial charge in [0.05, 0.1) is 0 Å². The first-order chi connectivity index (χ1) is 10.2. The second-order valence-electron chi connectivity index (χ2n) is 5.14. The van der Waals surface area contributed by atoms with Gasteiger partial charge in [0.1, 0.15) is 0 Å². The Bertz CT molecular complexity index is 666. The molecule has 0 bridgehead atoms. The van der Waals surface area contributed by atoms with Crippen molar-refractivity contribution in [2.45, 2.75) is 18.8 Å². The number of para-hydroxylation sites is 1. The number of rotatable bonds is 3. The molecule has 1 aliphatic rings. The predicted molar refractivity (Wildman–Crippen MR) is 88.5 cm³/mol. The van der Waals surface area contributed by atoms with Crippen molar-refractivity contribution in [3.63, 3.8) is 0 Å². The molecule has 1 amide bonds. The van der Waals surface area contributed by atoms with Crippen LogP contribution in [0.3, 0.4) is 0 Å². The third-order valence-electron chi connectivity index (χ3n) is 3.49. The summed E-state index contributed by atoms with van der Waals surface area (Å²) in [6.45, 7) is 0. The van der Waals surface area contributed by atoms with E-state index in [1.807, 2.05) is 36.4 Å². The second kappa shape index (κ2) is 6.06. The highest BCUT2D eigenvalue weighted by Gasteiger charge is 2.25.